The first-order valence-corrected chi connectivity index (χ1v) is 7.78. The van der Waals surface area contributed by atoms with Gasteiger partial charge in [0.15, 0.2) is 0 Å². The molecule has 0 radical (unpaired) electrons. The zero-order valence-corrected chi connectivity index (χ0v) is 13.3. The van der Waals surface area contributed by atoms with Crippen LogP contribution in [-0.2, 0) is 16.1 Å². The maximum Gasteiger partial charge on any atom is 0.309 e. The van der Waals surface area contributed by atoms with E-state index in [-0.39, 0.29) is 18.0 Å². The second-order valence-electron chi connectivity index (χ2n) is 5.95. The molecular formula is C19H20N2O2. The molecule has 1 heterocycles. The molecule has 0 spiro atoms. The third-order valence-corrected chi connectivity index (χ3v) is 3.81. The standard InChI is InChI=1S/C19H20N2O2/c1-14(2)19(22)23-18(12-21-10-9-20-13-21)17-8-7-15-5-3-4-6-16(15)11-17/h3-11,13-14,18H,12H2,1-2H3. The van der Waals surface area contributed by atoms with Gasteiger partial charge in [0, 0.05) is 12.4 Å². The number of hydrogen-bond acceptors (Lipinski definition) is 3. The van der Waals surface area contributed by atoms with Crippen LogP contribution in [0.4, 0.5) is 0 Å². The van der Waals surface area contributed by atoms with Crippen molar-refractivity contribution in [2.75, 3.05) is 0 Å². The highest BCUT2D eigenvalue weighted by Crippen LogP contribution is 2.25. The van der Waals surface area contributed by atoms with E-state index in [2.05, 4.69) is 29.2 Å². The van der Waals surface area contributed by atoms with Gasteiger partial charge in [0.05, 0.1) is 18.8 Å². The topological polar surface area (TPSA) is 44.1 Å². The van der Waals surface area contributed by atoms with Crippen LogP contribution < -0.4 is 0 Å². The fraction of sp³-hybridized carbons (Fsp3) is 0.263. The number of carbonyl (C=O) groups is 1. The quantitative estimate of drug-likeness (QED) is 0.670. The number of fused-ring (bicyclic) bond motifs is 1. The van der Waals surface area contributed by atoms with Crippen LogP contribution in [0.5, 0.6) is 0 Å². The summed E-state index contributed by atoms with van der Waals surface area (Å²) >= 11 is 0. The minimum absolute atomic E-state index is 0.152. The van der Waals surface area contributed by atoms with Crippen LogP contribution in [-0.4, -0.2) is 15.5 Å². The number of hydrogen-bond donors (Lipinski definition) is 0. The lowest BCUT2D eigenvalue weighted by molar-refractivity contribution is -0.154. The van der Waals surface area contributed by atoms with Crippen molar-refractivity contribution in [3.8, 4) is 0 Å². The van der Waals surface area contributed by atoms with Gasteiger partial charge in [-0.15, -0.1) is 0 Å². The summed E-state index contributed by atoms with van der Waals surface area (Å²) < 4.78 is 7.66. The van der Waals surface area contributed by atoms with Gasteiger partial charge in [0.2, 0.25) is 0 Å². The van der Waals surface area contributed by atoms with Crippen molar-refractivity contribution in [1.29, 1.82) is 0 Å². The van der Waals surface area contributed by atoms with Crippen molar-refractivity contribution in [3.63, 3.8) is 0 Å². The SMILES string of the molecule is CC(C)C(=O)OC(Cn1ccnc1)c1ccc2ccccc2c1. The van der Waals surface area contributed by atoms with Gasteiger partial charge < -0.3 is 9.30 Å². The molecule has 0 amide bonds. The molecule has 1 aromatic heterocycles. The Morgan fingerprint density at radius 1 is 1.17 bits per heavy atom. The van der Waals surface area contributed by atoms with Crippen LogP contribution in [0.3, 0.4) is 0 Å². The van der Waals surface area contributed by atoms with Gasteiger partial charge in [0.25, 0.3) is 0 Å². The van der Waals surface area contributed by atoms with Crippen LogP contribution in [0.2, 0.25) is 0 Å². The zero-order valence-electron chi connectivity index (χ0n) is 13.3. The molecule has 0 aliphatic rings. The lowest BCUT2D eigenvalue weighted by Crippen LogP contribution is -2.19. The third-order valence-electron chi connectivity index (χ3n) is 3.81. The number of rotatable bonds is 5. The van der Waals surface area contributed by atoms with E-state index in [1.54, 1.807) is 12.5 Å². The number of imidazole rings is 1. The van der Waals surface area contributed by atoms with Gasteiger partial charge in [-0.3, -0.25) is 4.79 Å². The Kier molecular flexibility index (Phi) is 4.42. The number of nitrogens with zero attached hydrogens (tertiary/aromatic N) is 2. The normalized spacial score (nSPS) is 12.5. The van der Waals surface area contributed by atoms with Gasteiger partial charge in [-0.05, 0) is 22.4 Å². The molecule has 3 rings (SSSR count). The van der Waals surface area contributed by atoms with E-state index in [0.717, 1.165) is 10.9 Å². The van der Waals surface area contributed by atoms with Crippen molar-refractivity contribution >= 4 is 16.7 Å². The molecule has 4 heteroatoms. The summed E-state index contributed by atoms with van der Waals surface area (Å²) in [5.41, 5.74) is 0.992. The van der Waals surface area contributed by atoms with Crippen LogP contribution in [0.25, 0.3) is 10.8 Å². The number of ether oxygens (including phenoxy) is 1. The molecule has 2 aromatic carbocycles. The van der Waals surface area contributed by atoms with E-state index in [0.29, 0.717) is 6.54 Å². The Labute approximate surface area is 135 Å². The lowest BCUT2D eigenvalue weighted by atomic mass is 10.0. The number of benzene rings is 2. The minimum atomic E-state index is -0.330. The predicted molar refractivity (Wildman–Crippen MR) is 89.8 cm³/mol. The van der Waals surface area contributed by atoms with Crippen molar-refractivity contribution in [2.45, 2.75) is 26.5 Å². The average Bonchev–Trinajstić information content (AvgIpc) is 3.06. The van der Waals surface area contributed by atoms with Crippen molar-refractivity contribution in [3.05, 3.63) is 66.7 Å². The molecule has 0 aliphatic carbocycles. The zero-order chi connectivity index (χ0) is 16.2. The van der Waals surface area contributed by atoms with E-state index >= 15 is 0 Å². The summed E-state index contributed by atoms with van der Waals surface area (Å²) in [5.74, 6) is -0.344. The molecule has 0 saturated carbocycles. The van der Waals surface area contributed by atoms with E-state index in [4.69, 9.17) is 4.74 Å². The van der Waals surface area contributed by atoms with Crippen LogP contribution in [0, 0.1) is 5.92 Å². The highest BCUT2D eigenvalue weighted by Gasteiger charge is 2.19. The van der Waals surface area contributed by atoms with Crippen molar-refractivity contribution in [2.24, 2.45) is 5.92 Å². The van der Waals surface area contributed by atoms with E-state index in [1.807, 2.05) is 42.8 Å². The summed E-state index contributed by atoms with van der Waals surface area (Å²) in [7, 11) is 0. The van der Waals surface area contributed by atoms with Gasteiger partial charge >= 0.3 is 5.97 Å². The summed E-state index contributed by atoms with van der Waals surface area (Å²) in [6.07, 6.45) is 5.00. The molecule has 118 valence electrons. The summed E-state index contributed by atoms with van der Waals surface area (Å²) in [6.45, 7) is 4.24. The molecule has 4 nitrogen and oxygen atoms in total. The van der Waals surface area contributed by atoms with Crippen molar-refractivity contribution < 1.29 is 9.53 Å². The first-order chi connectivity index (χ1) is 11.1. The molecule has 0 N–H and O–H groups in total. The Bertz CT molecular complexity index is 794. The van der Waals surface area contributed by atoms with Crippen molar-refractivity contribution in [1.82, 2.24) is 9.55 Å². The minimum Gasteiger partial charge on any atom is -0.455 e. The first-order valence-electron chi connectivity index (χ1n) is 7.78. The van der Waals surface area contributed by atoms with E-state index in [9.17, 15) is 4.79 Å². The Morgan fingerprint density at radius 2 is 1.96 bits per heavy atom. The summed E-state index contributed by atoms with van der Waals surface area (Å²) in [4.78, 5) is 16.1. The van der Waals surface area contributed by atoms with Gasteiger partial charge in [0.1, 0.15) is 6.10 Å². The molecule has 1 unspecified atom stereocenters. The predicted octanol–water partition coefficient (Wildman–Crippen LogP) is 3.98. The molecular weight excluding hydrogens is 288 g/mol. The second-order valence-corrected chi connectivity index (χ2v) is 5.95. The Hall–Kier alpha value is -2.62. The van der Waals surface area contributed by atoms with Gasteiger partial charge in [-0.1, -0.05) is 50.2 Å². The fourth-order valence-corrected chi connectivity index (χ4v) is 2.48. The second kappa shape index (κ2) is 6.65. The average molecular weight is 308 g/mol. The van der Waals surface area contributed by atoms with Crippen LogP contribution >= 0.6 is 0 Å². The first kappa shape index (κ1) is 15.3. The Morgan fingerprint density at radius 3 is 2.65 bits per heavy atom. The summed E-state index contributed by atoms with van der Waals surface area (Å²) in [6, 6.07) is 14.3. The largest absolute Gasteiger partial charge is 0.455 e. The monoisotopic (exact) mass is 308 g/mol. The maximum absolute atomic E-state index is 12.1. The number of aromatic nitrogens is 2. The molecule has 1 atom stereocenters. The molecule has 0 fully saturated rings. The van der Waals surface area contributed by atoms with Crippen LogP contribution in [0.1, 0.15) is 25.5 Å². The van der Waals surface area contributed by atoms with Crippen LogP contribution in [0.15, 0.2) is 61.2 Å². The molecule has 0 bridgehead atoms. The van der Waals surface area contributed by atoms with Gasteiger partial charge in [-0.2, -0.15) is 0 Å². The highest BCUT2D eigenvalue weighted by atomic mass is 16.5. The molecule has 0 aliphatic heterocycles. The maximum atomic E-state index is 12.1. The number of carbonyl (C=O) groups excluding carboxylic acids is 1. The lowest BCUT2D eigenvalue weighted by Gasteiger charge is -2.20. The molecule has 3 aromatic rings. The van der Waals surface area contributed by atoms with E-state index in [1.165, 1.54) is 5.39 Å². The number of esters is 1. The van der Waals surface area contributed by atoms with Gasteiger partial charge in [-0.25, -0.2) is 4.98 Å². The third kappa shape index (κ3) is 3.59. The Balaban J connectivity index is 1.92. The van der Waals surface area contributed by atoms with E-state index < -0.39 is 0 Å². The fourth-order valence-electron chi connectivity index (χ4n) is 2.48. The highest BCUT2D eigenvalue weighted by molar-refractivity contribution is 5.83. The molecule has 23 heavy (non-hydrogen) atoms. The smallest absolute Gasteiger partial charge is 0.309 e. The molecule has 0 saturated heterocycles. The summed E-state index contributed by atoms with van der Waals surface area (Å²) in [5, 5.41) is 2.31.